The van der Waals surface area contributed by atoms with Gasteiger partial charge in [0.15, 0.2) is 5.01 Å². The number of H-pyrrole nitrogens is 1. The Kier molecular flexibility index (Phi) is 3.72. The molecule has 0 radical (unpaired) electrons. The van der Waals surface area contributed by atoms with E-state index in [1.807, 2.05) is 18.2 Å². The molecule has 5 aromatic rings. The molecule has 1 N–H and O–H groups in total. The Morgan fingerprint density at radius 3 is 2.81 bits per heavy atom. The van der Waals surface area contributed by atoms with E-state index in [-0.39, 0.29) is 0 Å². The van der Waals surface area contributed by atoms with Crippen LogP contribution in [0.3, 0.4) is 0 Å². The standard InChI is InChI=1S/C21H18N4OS/c1-13-9-14-5-3-4-6-19(14)25(13)12-20-23-24-21(27-20)18-11-15-10-16(26-2)7-8-17(15)22-18/h3-11,22H,12H2,1-2H3. The molecule has 0 aliphatic rings. The second-order valence-corrected chi connectivity index (χ2v) is 7.63. The zero-order valence-electron chi connectivity index (χ0n) is 15.1. The van der Waals surface area contributed by atoms with E-state index in [1.165, 1.54) is 16.6 Å². The Hall–Kier alpha value is -3.12. The molecule has 0 atom stereocenters. The first kappa shape index (κ1) is 16.1. The molecule has 27 heavy (non-hydrogen) atoms. The van der Waals surface area contributed by atoms with Gasteiger partial charge < -0.3 is 14.3 Å². The summed E-state index contributed by atoms with van der Waals surface area (Å²) in [6.45, 7) is 2.86. The fourth-order valence-electron chi connectivity index (χ4n) is 3.47. The number of ether oxygens (including phenoxy) is 1. The lowest BCUT2D eigenvalue weighted by molar-refractivity contribution is 0.415. The summed E-state index contributed by atoms with van der Waals surface area (Å²) in [4.78, 5) is 3.42. The molecule has 0 spiro atoms. The first-order chi connectivity index (χ1) is 13.2. The second-order valence-electron chi connectivity index (χ2n) is 6.57. The average molecular weight is 374 g/mol. The molecule has 3 aromatic heterocycles. The smallest absolute Gasteiger partial charge is 0.164 e. The Labute approximate surface area is 160 Å². The molecule has 0 bridgehead atoms. The fourth-order valence-corrected chi connectivity index (χ4v) is 4.27. The van der Waals surface area contributed by atoms with Crippen LogP contribution < -0.4 is 4.74 Å². The highest BCUT2D eigenvalue weighted by atomic mass is 32.1. The largest absolute Gasteiger partial charge is 0.497 e. The van der Waals surface area contributed by atoms with Gasteiger partial charge in [0.25, 0.3) is 0 Å². The highest BCUT2D eigenvalue weighted by molar-refractivity contribution is 7.14. The van der Waals surface area contributed by atoms with Gasteiger partial charge in [0.2, 0.25) is 0 Å². The van der Waals surface area contributed by atoms with E-state index in [4.69, 9.17) is 4.74 Å². The number of methoxy groups -OCH3 is 1. The molecule has 3 heterocycles. The normalized spacial score (nSPS) is 11.5. The Balaban J connectivity index is 1.48. The summed E-state index contributed by atoms with van der Waals surface area (Å²) in [5, 5.41) is 13.1. The van der Waals surface area contributed by atoms with E-state index in [0.29, 0.717) is 0 Å². The maximum Gasteiger partial charge on any atom is 0.164 e. The lowest BCUT2D eigenvalue weighted by Crippen LogP contribution is -2.00. The number of hydrogen-bond donors (Lipinski definition) is 1. The Morgan fingerprint density at radius 1 is 1.04 bits per heavy atom. The number of para-hydroxylation sites is 1. The molecular weight excluding hydrogens is 356 g/mol. The van der Waals surface area contributed by atoms with Crippen molar-refractivity contribution in [1.29, 1.82) is 0 Å². The molecule has 0 saturated heterocycles. The van der Waals surface area contributed by atoms with Gasteiger partial charge >= 0.3 is 0 Å². The molecule has 0 unspecified atom stereocenters. The van der Waals surface area contributed by atoms with Gasteiger partial charge in [-0.1, -0.05) is 29.5 Å². The van der Waals surface area contributed by atoms with Crippen LogP contribution in [-0.4, -0.2) is 26.9 Å². The molecule has 0 saturated carbocycles. The van der Waals surface area contributed by atoms with Gasteiger partial charge in [-0.3, -0.25) is 0 Å². The minimum Gasteiger partial charge on any atom is -0.497 e. The van der Waals surface area contributed by atoms with Gasteiger partial charge in [-0.05, 0) is 48.7 Å². The summed E-state index contributed by atoms with van der Waals surface area (Å²) < 4.78 is 7.59. The van der Waals surface area contributed by atoms with E-state index < -0.39 is 0 Å². The lowest BCUT2D eigenvalue weighted by Gasteiger charge is -2.04. The average Bonchev–Trinajstić information content (AvgIpc) is 3.39. The number of nitrogens with one attached hydrogen (secondary N) is 1. The number of hydrogen-bond acceptors (Lipinski definition) is 4. The number of benzene rings is 2. The molecule has 0 fully saturated rings. The van der Waals surface area contributed by atoms with Crippen molar-refractivity contribution in [3.63, 3.8) is 0 Å². The predicted octanol–water partition coefficient (Wildman–Crippen LogP) is 5.01. The van der Waals surface area contributed by atoms with Crippen molar-refractivity contribution >= 4 is 33.1 Å². The first-order valence-corrected chi connectivity index (χ1v) is 9.57. The SMILES string of the molecule is COc1ccc2[nH]c(-c3nnc(Cn4c(C)cc5ccccc54)s3)cc2c1. The number of nitrogens with zero attached hydrogens (tertiary/aromatic N) is 3. The van der Waals surface area contributed by atoms with Crippen LogP contribution in [0, 0.1) is 6.92 Å². The van der Waals surface area contributed by atoms with Gasteiger partial charge in [0, 0.05) is 22.1 Å². The molecule has 0 aliphatic carbocycles. The molecule has 5 nitrogen and oxygen atoms in total. The van der Waals surface area contributed by atoms with Gasteiger partial charge in [-0.2, -0.15) is 0 Å². The summed E-state index contributed by atoms with van der Waals surface area (Å²) in [5.74, 6) is 0.848. The van der Waals surface area contributed by atoms with Crippen molar-refractivity contribution in [2.24, 2.45) is 0 Å². The third-order valence-electron chi connectivity index (χ3n) is 4.84. The molecule has 6 heteroatoms. The van der Waals surface area contributed by atoms with Gasteiger partial charge in [-0.15, -0.1) is 10.2 Å². The Bertz CT molecular complexity index is 1260. The van der Waals surface area contributed by atoms with Gasteiger partial charge in [0.05, 0.1) is 19.3 Å². The summed E-state index contributed by atoms with van der Waals surface area (Å²) >= 11 is 1.62. The van der Waals surface area contributed by atoms with Crippen LogP contribution in [0.5, 0.6) is 5.75 Å². The molecule has 2 aromatic carbocycles. The van der Waals surface area contributed by atoms with Gasteiger partial charge in [-0.25, -0.2) is 0 Å². The number of fused-ring (bicyclic) bond motifs is 2. The zero-order chi connectivity index (χ0) is 18.4. The molecular formula is C21H18N4OS. The van der Waals surface area contributed by atoms with Crippen LogP contribution in [0.2, 0.25) is 0 Å². The van der Waals surface area contributed by atoms with Crippen molar-refractivity contribution < 1.29 is 4.74 Å². The monoisotopic (exact) mass is 374 g/mol. The summed E-state index contributed by atoms with van der Waals surface area (Å²) in [6, 6.07) is 18.7. The first-order valence-electron chi connectivity index (χ1n) is 8.75. The minimum absolute atomic E-state index is 0.727. The van der Waals surface area contributed by atoms with Crippen molar-refractivity contribution in [3.05, 3.63) is 65.3 Å². The van der Waals surface area contributed by atoms with Crippen molar-refractivity contribution in [2.75, 3.05) is 7.11 Å². The summed E-state index contributed by atoms with van der Waals surface area (Å²) in [5.41, 5.74) is 4.50. The minimum atomic E-state index is 0.727. The quantitative estimate of drug-likeness (QED) is 0.481. The van der Waals surface area contributed by atoms with Crippen LogP contribution in [0.25, 0.3) is 32.5 Å². The highest BCUT2D eigenvalue weighted by Crippen LogP contribution is 2.29. The number of aromatic amines is 1. The van der Waals surface area contributed by atoms with Crippen LogP contribution in [0.1, 0.15) is 10.7 Å². The predicted molar refractivity (Wildman–Crippen MR) is 110 cm³/mol. The van der Waals surface area contributed by atoms with Crippen molar-refractivity contribution in [1.82, 2.24) is 19.7 Å². The topological polar surface area (TPSA) is 55.7 Å². The molecule has 5 rings (SSSR count). The van der Waals surface area contributed by atoms with E-state index in [9.17, 15) is 0 Å². The number of aryl methyl sites for hydroxylation is 1. The van der Waals surface area contributed by atoms with E-state index in [0.717, 1.165) is 38.9 Å². The van der Waals surface area contributed by atoms with Gasteiger partial charge in [0.1, 0.15) is 10.8 Å². The maximum atomic E-state index is 5.30. The van der Waals surface area contributed by atoms with Crippen molar-refractivity contribution in [2.45, 2.75) is 13.5 Å². The third-order valence-corrected chi connectivity index (χ3v) is 5.78. The van der Waals surface area contributed by atoms with E-state index >= 15 is 0 Å². The summed E-state index contributed by atoms with van der Waals surface area (Å²) in [7, 11) is 1.68. The molecule has 0 aliphatic heterocycles. The number of aromatic nitrogens is 4. The Morgan fingerprint density at radius 2 is 1.93 bits per heavy atom. The fraction of sp³-hybridized carbons (Fsp3) is 0.143. The zero-order valence-corrected chi connectivity index (χ0v) is 15.9. The van der Waals surface area contributed by atoms with Crippen LogP contribution >= 0.6 is 11.3 Å². The summed E-state index contributed by atoms with van der Waals surface area (Å²) in [6.07, 6.45) is 0. The maximum absolute atomic E-state index is 5.30. The number of rotatable bonds is 4. The van der Waals surface area contributed by atoms with E-state index in [1.54, 1.807) is 18.4 Å². The highest BCUT2D eigenvalue weighted by Gasteiger charge is 2.12. The third kappa shape index (κ3) is 2.78. The molecule has 134 valence electrons. The second kappa shape index (κ2) is 6.25. The molecule has 0 amide bonds. The van der Waals surface area contributed by atoms with Crippen LogP contribution in [0.15, 0.2) is 54.6 Å². The van der Waals surface area contributed by atoms with Crippen LogP contribution in [0.4, 0.5) is 0 Å². The lowest BCUT2D eigenvalue weighted by atomic mass is 10.2. The van der Waals surface area contributed by atoms with Crippen molar-refractivity contribution in [3.8, 4) is 16.5 Å². The van der Waals surface area contributed by atoms with E-state index in [2.05, 4.69) is 63.1 Å². The van der Waals surface area contributed by atoms with Crippen LogP contribution in [-0.2, 0) is 6.54 Å².